The molecular formula is C29H21ClN2O6S. The number of hydrogen-bond acceptors (Lipinski definition) is 8. The zero-order chi connectivity index (χ0) is 27.5. The molecule has 0 N–H and O–H groups in total. The highest BCUT2D eigenvalue weighted by Gasteiger charge is 2.33. The topological polar surface area (TPSA) is 100 Å². The molecule has 4 aromatic rings. The van der Waals surface area contributed by atoms with Crippen LogP contribution in [-0.4, -0.2) is 23.1 Å². The number of thiazole rings is 1. The Morgan fingerprint density at radius 1 is 1.13 bits per heavy atom. The number of allylic oxidation sites excluding steroid dienone is 1. The van der Waals surface area contributed by atoms with E-state index in [0.29, 0.717) is 25.6 Å². The first-order chi connectivity index (χ1) is 18.9. The second-order valence-electron chi connectivity index (χ2n) is 8.46. The van der Waals surface area contributed by atoms with E-state index in [1.807, 2.05) is 12.1 Å². The van der Waals surface area contributed by atoms with Gasteiger partial charge in [-0.25, -0.2) is 14.6 Å². The molecule has 5 rings (SSSR count). The van der Waals surface area contributed by atoms with Crippen molar-refractivity contribution in [2.24, 2.45) is 4.99 Å². The number of aromatic nitrogens is 1. The number of hydrogen-bond donors (Lipinski definition) is 0. The van der Waals surface area contributed by atoms with Crippen molar-refractivity contribution < 1.29 is 23.5 Å². The molecule has 0 amide bonds. The van der Waals surface area contributed by atoms with E-state index in [9.17, 15) is 14.4 Å². The van der Waals surface area contributed by atoms with Gasteiger partial charge in [-0.3, -0.25) is 9.36 Å². The van der Waals surface area contributed by atoms with Gasteiger partial charge >= 0.3 is 11.9 Å². The second kappa shape index (κ2) is 11.1. The van der Waals surface area contributed by atoms with Crippen molar-refractivity contribution in [2.75, 3.05) is 6.61 Å². The van der Waals surface area contributed by atoms with Gasteiger partial charge in [0.05, 0.1) is 28.1 Å². The average molecular weight is 561 g/mol. The third kappa shape index (κ3) is 5.41. The third-order valence-electron chi connectivity index (χ3n) is 5.87. The summed E-state index contributed by atoms with van der Waals surface area (Å²) in [5.41, 5.74) is 1.75. The van der Waals surface area contributed by atoms with Crippen LogP contribution in [0, 0.1) is 0 Å². The smallest absolute Gasteiger partial charge is 0.379 e. The number of halogens is 1. The van der Waals surface area contributed by atoms with E-state index < -0.39 is 18.0 Å². The summed E-state index contributed by atoms with van der Waals surface area (Å²) in [5.74, 6) is -0.918. The van der Waals surface area contributed by atoms with E-state index in [4.69, 9.17) is 25.5 Å². The first kappa shape index (κ1) is 26.1. The highest BCUT2D eigenvalue weighted by molar-refractivity contribution is 7.07. The van der Waals surface area contributed by atoms with Gasteiger partial charge in [-0.1, -0.05) is 59.9 Å². The van der Waals surface area contributed by atoms with Crippen molar-refractivity contribution in [3.63, 3.8) is 0 Å². The van der Waals surface area contributed by atoms with E-state index in [-0.39, 0.29) is 29.2 Å². The Morgan fingerprint density at radius 2 is 1.87 bits per heavy atom. The summed E-state index contributed by atoms with van der Waals surface area (Å²) in [6.07, 6.45) is 4.60. The summed E-state index contributed by atoms with van der Waals surface area (Å²) < 4.78 is 17.7. The van der Waals surface area contributed by atoms with Gasteiger partial charge in [-0.2, -0.15) is 0 Å². The summed E-state index contributed by atoms with van der Waals surface area (Å²) in [6, 6.07) is 15.9. The van der Waals surface area contributed by atoms with E-state index in [2.05, 4.69) is 11.6 Å². The molecule has 0 saturated heterocycles. The molecule has 3 heterocycles. The zero-order valence-corrected chi connectivity index (χ0v) is 22.2. The quantitative estimate of drug-likeness (QED) is 0.188. The van der Waals surface area contributed by atoms with Gasteiger partial charge in [0.2, 0.25) is 5.76 Å². The zero-order valence-electron chi connectivity index (χ0n) is 20.6. The van der Waals surface area contributed by atoms with Gasteiger partial charge < -0.3 is 13.9 Å². The molecular weight excluding hydrogens is 540 g/mol. The second-order valence-corrected chi connectivity index (χ2v) is 9.90. The Kier molecular flexibility index (Phi) is 7.44. The Bertz CT molecular complexity index is 1760. The van der Waals surface area contributed by atoms with Crippen LogP contribution < -0.4 is 19.6 Å². The minimum atomic E-state index is -0.819. The van der Waals surface area contributed by atoms with E-state index in [1.165, 1.54) is 34.3 Å². The number of carbonyl (C=O) groups is 2. The number of ether oxygens (including phenoxy) is 2. The molecule has 0 radical (unpaired) electrons. The molecule has 0 unspecified atom stereocenters. The standard InChI is InChI=1S/C29H21ClN2O6S/c1-3-14-37-28(35)24-17(2)31-29-32(26(33)23(39-29)16-18-6-10-20(30)11-7-18)25(24)19-8-12-21(13-9-19)38-27(34)22-5-4-15-36-22/h3-13,15-16,25H,1,14H2,2H3/b23-16-/t25-/m1/s1. The predicted molar refractivity (Wildman–Crippen MR) is 146 cm³/mol. The van der Waals surface area contributed by atoms with Crippen LogP contribution in [0.1, 0.15) is 34.6 Å². The average Bonchev–Trinajstić information content (AvgIpc) is 3.57. The molecule has 1 aliphatic rings. The monoisotopic (exact) mass is 560 g/mol. The molecule has 2 aromatic carbocycles. The molecule has 1 atom stereocenters. The first-order valence-corrected chi connectivity index (χ1v) is 13.0. The number of esters is 2. The fraction of sp³-hybridized carbons (Fsp3) is 0.103. The van der Waals surface area contributed by atoms with Crippen molar-refractivity contribution >= 4 is 41.0 Å². The maximum Gasteiger partial charge on any atom is 0.379 e. The molecule has 39 heavy (non-hydrogen) atoms. The normalized spacial score (nSPS) is 14.9. The van der Waals surface area contributed by atoms with Crippen molar-refractivity contribution in [3.05, 3.63) is 132 Å². The Balaban J connectivity index is 1.58. The fourth-order valence-corrected chi connectivity index (χ4v) is 5.26. The lowest BCUT2D eigenvalue weighted by molar-refractivity contribution is -0.138. The summed E-state index contributed by atoms with van der Waals surface area (Å²) in [5, 5.41) is 0.588. The lowest BCUT2D eigenvalue weighted by Crippen LogP contribution is -2.39. The number of nitrogens with zero attached hydrogens (tertiary/aromatic N) is 2. The molecule has 10 heteroatoms. The van der Waals surface area contributed by atoms with Crippen LogP contribution >= 0.6 is 22.9 Å². The van der Waals surface area contributed by atoms with E-state index >= 15 is 0 Å². The summed E-state index contributed by atoms with van der Waals surface area (Å²) in [7, 11) is 0. The fourth-order valence-electron chi connectivity index (χ4n) is 4.09. The van der Waals surface area contributed by atoms with Gasteiger partial charge in [0.15, 0.2) is 4.80 Å². The minimum absolute atomic E-state index is 0.00495. The van der Waals surface area contributed by atoms with Crippen molar-refractivity contribution in [2.45, 2.75) is 13.0 Å². The number of fused-ring (bicyclic) bond motifs is 1. The largest absolute Gasteiger partial charge is 0.458 e. The van der Waals surface area contributed by atoms with E-state index in [1.54, 1.807) is 55.5 Å². The van der Waals surface area contributed by atoms with Crippen LogP contribution in [0.4, 0.5) is 0 Å². The van der Waals surface area contributed by atoms with Gasteiger partial charge in [-0.15, -0.1) is 0 Å². The highest BCUT2D eigenvalue weighted by atomic mass is 35.5. The molecule has 1 aliphatic heterocycles. The number of carbonyl (C=O) groups excluding carboxylic acids is 2. The van der Waals surface area contributed by atoms with Crippen molar-refractivity contribution in [3.8, 4) is 5.75 Å². The number of rotatable bonds is 7. The van der Waals surface area contributed by atoms with E-state index in [0.717, 1.165) is 5.56 Å². The van der Waals surface area contributed by atoms with Crippen LogP contribution in [0.3, 0.4) is 0 Å². The van der Waals surface area contributed by atoms with Crippen molar-refractivity contribution in [1.29, 1.82) is 0 Å². The van der Waals surface area contributed by atoms with Crippen LogP contribution in [0.2, 0.25) is 5.02 Å². The summed E-state index contributed by atoms with van der Waals surface area (Å²) >= 11 is 7.22. The number of furan rings is 1. The van der Waals surface area contributed by atoms with Crippen LogP contribution in [0.25, 0.3) is 6.08 Å². The third-order valence-corrected chi connectivity index (χ3v) is 7.11. The Morgan fingerprint density at radius 3 is 2.54 bits per heavy atom. The molecule has 0 aliphatic carbocycles. The Labute approximate surface area is 231 Å². The molecule has 0 saturated carbocycles. The lowest BCUT2D eigenvalue weighted by Gasteiger charge is -2.24. The molecule has 0 fully saturated rings. The van der Waals surface area contributed by atoms with Gasteiger partial charge in [0.1, 0.15) is 12.4 Å². The van der Waals surface area contributed by atoms with Gasteiger partial charge in [0, 0.05) is 5.02 Å². The minimum Gasteiger partial charge on any atom is -0.458 e. The molecule has 8 nitrogen and oxygen atoms in total. The highest BCUT2D eigenvalue weighted by Crippen LogP contribution is 2.31. The first-order valence-electron chi connectivity index (χ1n) is 11.8. The van der Waals surface area contributed by atoms with Gasteiger partial charge in [-0.05, 0) is 60.5 Å². The maximum atomic E-state index is 13.7. The van der Waals surface area contributed by atoms with Crippen LogP contribution in [0.15, 0.2) is 105 Å². The van der Waals surface area contributed by atoms with Crippen LogP contribution in [0.5, 0.6) is 5.75 Å². The molecule has 196 valence electrons. The lowest BCUT2D eigenvalue weighted by atomic mass is 9.96. The molecule has 2 aromatic heterocycles. The Hall–Kier alpha value is -4.47. The SMILES string of the molecule is C=CCOC(=O)C1=C(C)N=c2s/c(=C\c3ccc(Cl)cc3)c(=O)n2[C@@H]1c1ccc(OC(=O)c2ccco2)cc1. The summed E-state index contributed by atoms with van der Waals surface area (Å²) in [4.78, 5) is 44.1. The van der Waals surface area contributed by atoms with Gasteiger partial charge in [0.25, 0.3) is 5.56 Å². The number of benzene rings is 2. The van der Waals surface area contributed by atoms with Crippen molar-refractivity contribution in [1.82, 2.24) is 4.57 Å². The molecule has 0 bridgehead atoms. The van der Waals surface area contributed by atoms with Crippen LogP contribution in [-0.2, 0) is 9.53 Å². The predicted octanol–water partition coefficient (Wildman–Crippen LogP) is 4.43. The maximum absolute atomic E-state index is 13.7. The molecule has 0 spiro atoms. The summed E-state index contributed by atoms with van der Waals surface area (Å²) in [6.45, 7) is 5.30.